The van der Waals surface area contributed by atoms with Crippen LogP contribution in [-0.4, -0.2) is 9.55 Å². The molecule has 3 rings (SSSR count). The summed E-state index contributed by atoms with van der Waals surface area (Å²) in [6.45, 7) is 3.10. The van der Waals surface area contributed by atoms with Crippen molar-refractivity contribution in [2.75, 3.05) is 0 Å². The van der Waals surface area contributed by atoms with Crippen LogP contribution in [0.1, 0.15) is 37.9 Å². The molecule has 2 N–H and O–H groups in total. The van der Waals surface area contributed by atoms with Gasteiger partial charge >= 0.3 is 0 Å². The van der Waals surface area contributed by atoms with Crippen molar-refractivity contribution in [3.8, 4) is 0 Å². The van der Waals surface area contributed by atoms with Crippen molar-refractivity contribution in [1.82, 2.24) is 9.55 Å². The van der Waals surface area contributed by atoms with Crippen LogP contribution in [0.25, 0.3) is 0 Å². The number of imidazole rings is 1. The molecule has 0 bridgehead atoms. The third-order valence-corrected chi connectivity index (χ3v) is 3.94. The Morgan fingerprint density at radius 1 is 1.71 bits per heavy atom. The Labute approximate surface area is 84.3 Å². The van der Waals surface area contributed by atoms with Gasteiger partial charge in [-0.3, -0.25) is 0 Å². The van der Waals surface area contributed by atoms with E-state index in [2.05, 4.69) is 22.7 Å². The normalized spacial score (nSPS) is 29.1. The molecule has 2 atom stereocenters. The Bertz CT molecular complexity index is 351. The van der Waals surface area contributed by atoms with Crippen LogP contribution >= 0.6 is 0 Å². The fraction of sp³-hybridized carbons (Fsp3) is 0.727. The molecule has 2 saturated carbocycles. The average molecular weight is 191 g/mol. The molecule has 14 heavy (non-hydrogen) atoms. The minimum absolute atomic E-state index is 0.185. The van der Waals surface area contributed by atoms with Crippen molar-refractivity contribution in [3.63, 3.8) is 0 Å². The van der Waals surface area contributed by atoms with E-state index in [0.717, 1.165) is 18.2 Å². The van der Waals surface area contributed by atoms with E-state index in [1.165, 1.54) is 19.3 Å². The summed E-state index contributed by atoms with van der Waals surface area (Å²) in [7, 11) is 0. The van der Waals surface area contributed by atoms with Crippen LogP contribution in [0, 0.1) is 11.3 Å². The number of hydrogen-bond acceptors (Lipinski definition) is 2. The van der Waals surface area contributed by atoms with Gasteiger partial charge in [0.15, 0.2) is 0 Å². The van der Waals surface area contributed by atoms with Crippen LogP contribution in [0.4, 0.5) is 0 Å². The molecule has 0 aromatic carbocycles. The molecule has 2 fully saturated rings. The first kappa shape index (κ1) is 8.48. The zero-order chi connectivity index (χ0) is 9.76. The lowest BCUT2D eigenvalue weighted by Gasteiger charge is -2.06. The van der Waals surface area contributed by atoms with E-state index in [1.807, 2.05) is 6.33 Å². The van der Waals surface area contributed by atoms with Gasteiger partial charge in [-0.1, -0.05) is 0 Å². The van der Waals surface area contributed by atoms with Crippen molar-refractivity contribution in [1.29, 1.82) is 0 Å². The average Bonchev–Trinajstić information content (AvgIpc) is 3.08. The summed E-state index contributed by atoms with van der Waals surface area (Å²) in [5.41, 5.74) is 7.97. The van der Waals surface area contributed by atoms with Crippen LogP contribution in [0.5, 0.6) is 0 Å². The number of aromatic nitrogens is 2. The molecule has 1 spiro atoms. The lowest BCUT2D eigenvalue weighted by Crippen LogP contribution is -2.14. The lowest BCUT2D eigenvalue weighted by atomic mass is 10.1. The minimum Gasteiger partial charge on any atom is -0.337 e. The fourth-order valence-electron chi connectivity index (χ4n) is 2.55. The maximum Gasteiger partial charge on any atom is 0.0950 e. The van der Waals surface area contributed by atoms with Crippen LogP contribution < -0.4 is 5.73 Å². The van der Waals surface area contributed by atoms with Gasteiger partial charge in [0.2, 0.25) is 0 Å². The molecule has 0 radical (unpaired) electrons. The van der Waals surface area contributed by atoms with Crippen LogP contribution in [-0.2, 0) is 6.54 Å². The van der Waals surface area contributed by atoms with E-state index in [1.54, 1.807) is 0 Å². The smallest absolute Gasteiger partial charge is 0.0950 e. The van der Waals surface area contributed by atoms with Crippen molar-refractivity contribution in [3.05, 3.63) is 18.2 Å². The molecule has 3 nitrogen and oxygen atoms in total. The first-order chi connectivity index (χ1) is 6.75. The highest BCUT2D eigenvalue weighted by Crippen LogP contribution is 2.73. The number of nitrogens with zero attached hydrogens (tertiary/aromatic N) is 2. The predicted molar refractivity (Wildman–Crippen MR) is 54.6 cm³/mol. The predicted octanol–water partition coefficient (Wildman–Crippen LogP) is 1.70. The molecular weight excluding hydrogens is 174 g/mol. The van der Waals surface area contributed by atoms with Crippen LogP contribution in [0.3, 0.4) is 0 Å². The molecule has 0 saturated heterocycles. The summed E-state index contributed by atoms with van der Waals surface area (Å²) in [4.78, 5) is 4.38. The highest BCUT2D eigenvalue weighted by atomic mass is 15.0. The van der Waals surface area contributed by atoms with E-state index in [9.17, 15) is 0 Å². The number of nitrogens with two attached hydrogens (primary N) is 1. The summed E-state index contributed by atoms with van der Waals surface area (Å²) < 4.78 is 2.09. The minimum atomic E-state index is 0.185. The first-order valence-corrected chi connectivity index (χ1v) is 5.52. The maximum atomic E-state index is 6.21. The molecule has 1 aromatic heterocycles. The molecule has 76 valence electrons. The molecular formula is C11H17N3. The van der Waals surface area contributed by atoms with Gasteiger partial charge in [0.05, 0.1) is 18.1 Å². The molecule has 2 aliphatic rings. The van der Waals surface area contributed by atoms with Gasteiger partial charge in [-0.2, -0.15) is 0 Å². The second kappa shape index (κ2) is 2.60. The van der Waals surface area contributed by atoms with E-state index in [-0.39, 0.29) is 6.04 Å². The van der Waals surface area contributed by atoms with Crippen molar-refractivity contribution in [2.45, 2.75) is 38.8 Å². The Hall–Kier alpha value is -0.830. The molecule has 0 amide bonds. The molecule has 0 aliphatic heterocycles. The van der Waals surface area contributed by atoms with E-state index in [4.69, 9.17) is 5.73 Å². The summed E-state index contributed by atoms with van der Waals surface area (Å²) >= 11 is 0. The number of rotatable bonds is 3. The van der Waals surface area contributed by atoms with E-state index < -0.39 is 0 Å². The van der Waals surface area contributed by atoms with Gasteiger partial charge in [-0.05, 0) is 37.5 Å². The molecule has 2 unspecified atom stereocenters. The summed E-state index contributed by atoms with van der Waals surface area (Å²) in [6.07, 6.45) is 8.13. The van der Waals surface area contributed by atoms with Gasteiger partial charge in [-0.15, -0.1) is 0 Å². The number of aryl methyl sites for hydroxylation is 1. The summed E-state index contributed by atoms with van der Waals surface area (Å²) in [5.74, 6) is 0.725. The molecule has 3 heteroatoms. The fourth-order valence-corrected chi connectivity index (χ4v) is 2.55. The number of hydrogen-bond donors (Lipinski definition) is 1. The van der Waals surface area contributed by atoms with Gasteiger partial charge in [0.1, 0.15) is 0 Å². The van der Waals surface area contributed by atoms with Gasteiger partial charge in [0.25, 0.3) is 0 Å². The Kier molecular flexibility index (Phi) is 1.57. The Morgan fingerprint density at radius 2 is 2.50 bits per heavy atom. The van der Waals surface area contributed by atoms with E-state index >= 15 is 0 Å². The third kappa shape index (κ3) is 1.12. The van der Waals surface area contributed by atoms with Gasteiger partial charge in [-0.25, -0.2) is 4.98 Å². The highest BCUT2D eigenvalue weighted by molar-refractivity contribution is 5.20. The lowest BCUT2D eigenvalue weighted by molar-refractivity contribution is 0.559. The quantitative estimate of drug-likeness (QED) is 0.790. The molecule has 1 heterocycles. The van der Waals surface area contributed by atoms with Crippen LogP contribution in [0.15, 0.2) is 12.5 Å². The monoisotopic (exact) mass is 191 g/mol. The van der Waals surface area contributed by atoms with Gasteiger partial charge in [0, 0.05) is 12.7 Å². The Morgan fingerprint density at radius 3 is 3.00 bits per heavy atom. The standard InChI is InChI=1S/C11H17N3/c1-2-14-6-9(13-7-14)10(12)8-5-11(8)3-4-11/h6-8,10H,2-5,12H2,1H3. The Balaban J connectivity index is 1.75. The summed E-state index contributed by atoms with van der Waals surface area (Å²) in [6, 6.07) is 0.185. The van der Waals surface area contributed by atoms with E-state index in [0.29, 0.717) is 5.41 Å². The van der Waals surface area contributed by atoms with Crippen molar-refractivity contribution >= 4 is 0 Å². The summed E-state index contributed by atoms with van der Waals surface area (Å²) in [5, 5.41) is 0. The SMILES string of the molecule is CCn1cnc(C(N)C2CC23CC3)c1. The zero-order valence-corrected chi connectivity index (χ0v) is 8.61. The van der Waals surface area contributed by atoms with Gasteiger partial charge < -0.3 is 10.3 Å². The maximum absolute atomic E-state index is 6.21. The highest BCUT2D eigenvalue weighted by Gasteiger charge is 2.64. The van der Waals surface area contributed by atoms with Crippen molar-refractivity contribution < 1.29 is 0 Å². The first-order valence-electron chi connectivity index (χ1n) is 5.52. The third-order valence-electron chi connectivity index (χ3n) is 3.94. The second-order valence-corrected chi connectivity index (χ2v) is 4.83. The van der Waals surface area contributed by atoms with Crippen molar-refractivity contribution in [2.24, 2.45) is 17.1 Å². The molecule has 1 aromatic rings. The largest absolute Gasteiger partial charge is 0.337 e. The molecule has 2 aliphatic carbocycles. The second-order valence-electron chi connectivity index (χ2n) is 4.83. The zero-order valence-electron chi connectivity index (χ0n) is 8.61. The topological polar surface area (TPSA) is 43.8 Å². The van der Waals surface area contributed by atoms with Crippen LogP contribution in [0.2, 0.25) is 0 Å².